The molecule has 0 bridgehead atoms. The Labute approximate surface area is 127 Å². The number of anilines is 1. The molecule has 3 N–H and O–H groups in total. The number of hydrogen-bond acceptors (Lipinski definition) is 4. The third kappa shape index (κ3) is 2.64. The zero-order valence-corrected chi connectivity index (χ0v) is 12.1. The molecule has 0 saturated heterocycles. The predicted molar refractivity (Wildman–Crippen MR) is 80.7 cm³/mol. The smallest absolute Gasteiger partial charge is 0.273 e. The number of halogens is 1. The second-order valence-corrected chi connectivity index (χ2v) is 5.61. The van der Waals surface area contributed by atoms with Gasteiger partial charge in [-0.25, -0.2) is 14.4 Å². The molecule has 2 aromatic rings. The fraction of sp³-hybridized carbons (Fsp3) is 0.312. The highest BCUT2D eigenvalue weighted by Gasteiger charge is 2.39. The number of nitrogen functional groups attached to an aromatic ring is 1. The summed E-state index contributed by atoms with van der Waals surface area (Å²) in [5.74, 6) is -0.474. The number of amides is 1. The average molecular weight is 300 g/mol. The Balaban J connectivity index is 1.73. The van der Waals surface area contributed by atoms with Gasteiger partial charge in [0.2, 0.25) is 0 Å². The Hall–Kier alpha value is -2.50. The molecule has 1 aromatic carbocycles. The van der Waals surface area contributed by atoms with Gasteiger partial charge in [-0.1, -0.05) is 18.6 Å². The maximum atomic E-state index is 13.1. The molecule has 3 rings (SSSR count). The van der Waals surface area contributed by atoms with Crippen molar-refractivity contribution in [3.05, 3.63) is 53.7 Å². The van der Waals surface area contributed by atoms with E-state index in [2.05, 4.69) is 15.3 Å². The number of hydrogen-bond donors (Lipinski definition) is 2. The normalized spacial score (nSPS) is 15.9. The predicted octanol–water partition coefficient (Wildman–Crippen LogP) is 2.05. The first-order chi connectivity index (χ1) is 10.6. The van der Waals surface area contributed by atoms with Gasteiger partial charge in [-0.2, -0.15) is 0 Å². The molecular weight excluding hydrogens is 283 g/mol. The van der Waals surface area contributed by atoms with E-state index in [1.165, 1.54) is 24.5 Å². The van der Waals surface area contributed by atoms with Crippen molar-refractivity contribution in [1.29, 1.82) is 0 Å². The fourth-order valence-corrected chi connectivity index (χ4v) is 2.83. The summed E-state index contributed by atoms with van der Waals surface area (Å²) in [5, 5.41) is 2.88. The van der Waals surface area contributed by atoms with Crippen LogP contribution in [0.2, 0.25) is 0 Å². The van der Waals surface area contributed by atoms with Crippen molar-refractivity contribution in [2.45, 2.75) is 24.7 Å². The summed E-state index contributed by atoms with van der Waals surface area (Å²) in [7, 11) is 0. The quantitative estimate of drug-likeness (QED) is 0.905. The second-order valence-electron chi connectivity index (χ2n) is 5.61. The highest BCUT2D eigenvalue weighted by atomic mass is 19.1. The zero-order chi connectivity index (χ0) is 15.6. The molecule has 0 spiro atoms. The van der Waals surface area contributed by atoms with E-state index in [1.807, 2.05) is 0 Å². The number of aromatic nitrogens is 2. The van der Waals surface area contributed by atoms with Crippen molar-refractivity contribution in [3.63, 3.8) is 0 Å². The lowest BCUT2D eigenvalue weighted by Gasteiger charge is -2.42. The summed E-state index contributed by atoms with van der Waals surface area (Å²) in [5.41, 5.74) is 6.72. The van der Waals surface area contributed by atoms with Gasteiger partial charge in [0.15, 0.2) is 11.5 Å². The van der Waals surface area contributed by atoms with Gasteiger partial charge < -0.3 is 11.1 Å². The van der Waals surface area contributed by atoms with Crippen molar-refractivity contribution in [2.24, 2.45) is 0 Å². The van der Waals surface area contributed by atoms with Gasteiger partial charge in [0, 0.05) is 24.4 Å². The minimum Gasteiger partial charge on any atom is -0.382 e. The minimum atomic E-state index is -0.334. The van der Waals surface area contributed by atoms with E-state index in [0.717, 1.165) is 24.8 Å². The molecule has 0 atom stereocenters. The number of nitrogens with zero attached hydrogens (tertiary/aromatic N) is 2. The number of carbonyl (C=O) groups excluding carboxylic acids is 1. The molecule has 0 unspecified atom stereocenters. The van der Waals surface area contributed by atoms with Crippen LogP contribution in [0.25, 0.3) is 0 Å². The molecule has 0 aliphatic heterocycles. The van der Waals surface area contributed by atoms with Gasteiger partial charge in [0.25, 0.3) is 5.91 Å². The van der Waals surface area contributed by atoms with Crippen LogP contribution < -0.4 is 11.1 Å². The third-order valence-electron chi connectivity index (χ3n) is 4.30. The third-order valence-corrected chi connectivity index (χ3v) is 4.30. The van der Waals surface area contributed by atoms with Gasteiger partial charge >= 0.3 is 0 Å². The molecule has 1 heterocycles. The molecule has 1 fully saturated rings. The lowest BCUT2D eigenvalue weighted by Crippen LogP contribution is -2.45. The van der Waals surface area contributed by atoms with Crippen LogP contribution in [0, 0.1) is 5.82 Å². The Morgan fingerprint density at radius 3 is 2.50 bits per heavy atom. The van der Waals surface area contributed by atoms with E-state index in [9.17, 15) is 9.18 Å². The first-order valence-corrected chi connectivity index (χ1v) is 7.21. The minimum absolute atomic E-state index is 0.115. The van der Waals surface area contributed by atoms with E-state index in [0.29, 0.717) is 6.54 Å². The van der Waals surface area contributed by atoms with Gasteiger partial charge in [-0.05, 0) is 30.5 Å². The van der Waals surface area contributed by atoms with E-state index in [1.54, 1.807) is 12.1 Å². The number of rotatable bonds is 4. The number of nitrogens with two attached hydrogens (primary N) is 1. The molecule has 6 heteroatoms. The zero-order valence-electron chi connectivity index (χ0n) is 12.1. The Kier molecular flexibility index (Phi) is 3.75. The molecule has 1 aliphatic rings. The topological polar surface area (TPSA) is 80.9 Å². The van der Waals surface area contributed by atoms with Crippen LogP contribution in [0.4, 0.5) is 10.2 Å². The molecule has 1 aromatic heterocycles. The summed E-state index contributed by atoms with van der Waals surface area (Å²) in [4.78, 5) is 20.0. The molecular formula is C16H17FN4O. The fourth-order valence-electron chi connectivity index (χ4n) is 2.83. The van der Waals surface area contributed by atoms with Crippen molar-refractivity contribution in [2.75, 3.05) is 12.3 Å². The van der Waals surface area contributed by atoms with E-state index in [-0.39, 0.29) is 28.7 Å². The summed E-state index contributed by atoms with van der Waals surface area (Å²) in [6.45, 7) is 0.480. The van der Waals surface area contributed by atoms with Gasteiger partial charge in [0.1, 0.15) is 5.82 Å². The molecule has 1 aliphatic carbocycles. The van der Waals surface area contributed by atoms with Crippen LogP contribution in [-0.2, 0) is 5.41 Å². The summed E-state index contributed by atoms with van der Waals surface area (Å²) < 4.78 is 13.1. The molecule has 22 heavy (non-hydrogen) atoms. The SMILES string of the molecule is Nc1nccnc1C(=O)NCC1(c2ccc(F)cc2)CCC1. The van der Waals surface area contributed by atoms with Gasteiger partial charge in [-0.15, -0.1) is 0 Å². The molecule has 1 amide bonds. The van der Waals surface area contributed by atoms with Crippen LogP contribution in [0.15, 0.2) is 36.7 Å². The van der Waals surface area contributed by atoms with Crippen LogP contribution in [0.1, 0.15) is 35.3 Å². The van der Waals surface area contributed by atoms with Gasteiger partial charge in [0.05, 0.1) is 0 Å². The van der Waals surface area contributed by atoms with Crippen molar-refractivity contribution < 1.29 is 9.18 Å². The molecule has 1 saturated carbocycles. The number of benzene rings is 1. The average Bonchev–Trinajstić information content (AvgIpc) is 2.48. The summed E-state index contributed by atoms with van der Waals surface area (Å²) >= 11 is 0. The Morgan fingerprint density at radius 2 is 1.91 bits per heavy atom. The van der Waals surface area contributed by atoms with Crippen LogP contribution in [-0.4, -0.2) is 22.4 Å². The second kappa shape index (κ2) is 5.71. The lowest BCUT2D eigenvalue weighted by molar-refractivity contribution is 0.0923. The van der Waals surface area contributed by atoms with Gasteiger partial charge in [-0.3, -0.25) is 4.79 Å². The standard InChI is InChI=1S/C16H17FN4O/c17-12-4-2-11(3-5-12)16(6-1-7-16)10-21-15(22)13-14(18)20-9-8-19-13/h2-5,8-9H,1,6-7,10H2,(H2,18,20)(H,21,22). The van der Waals surface area contributed by atoms with Crippen LogP contribution in [0.3, 0.4) is 0 Å². The summed E-state index contributed by atoms with van der Waals surface area (Å²) in [6.07, 6.45) is 5.91. The van der Waals surface area contributed by atoms with Crippen molar-refractivity contribution in [1.82, 2.24) is 15.3 Å². The highest BCUT2D eigenvalue weighted by molar-refractivity contribution is 5.96. The number of carbonyl (C=O) groups is 1. The van der Waals surface area contributed by atoms with E-state index in [4.69, 9.17) is 5.73 Å². The number of nitrogens with one attached hydrogen (secondary N) is 1. The Bertz CT molecular complexity index is 683. The van der Waals surface area contributed by atoms with E-state index < -0.39 is 0 Å². The van der Waals surface area contributed by atoms with Crippen molar-refractivity contribution >= 4 is 11.7 Å². The Morgan fingerprint density at radius 1 is 1.23 bits per heavy atom. The van der Waals surface area contributed by atoms with Crippen molar-refractivity contribution in [3.8, 4) is 0 Å². The van der Waals surface area contributed by atoms with Crippen LogP contribution >= 0.6 is 0 Å². The highest BCUT2D eigenvalue weighted by Crippen LogP contribution is 2.43. The molecule has 0 radical (unpaired) electrons. The lowest BCUT2D eigenvalue weighted by atomic mass is 9.64. The monoisotopic (exact) mass is 300 g/mol. The maximum absolute atomic E-state index is 13.1. The first-order valence-electron chi connectivity index (χ1n) is 7.21. The first kappa shape index (κ1) is 14.4. The largest absolute Gasteiger partial charge is 0.382 e. The molecule has 5 nitrogen and oxygen atoms in total. The van der Waals surface area contributed by atoms with Crippen LogP contribution in [0.5, 0.6) is 0 Å². The maximum Gasteiger partial charge on any atom is 0.273 e. The van der Waals surface area contributed by atoms with E-state index >= 15 is 0 Å². The molecule has 114 valence electrons. The summed E-state index contributed by atoms with van der Waals surface area (Å²) in [6, 6.07) is 6.49.